The van der Waals surface area contributed by atoms with Crippen LogP contribution >= 0.6 is 11.6 Å². The van der Waals surface area contributed by atoms with E-state index in [0.717, 1.165) is 12.5 Å². The molecule has 1 aromatic rings. The molecule has 1 aliphatic heterocycles. The zero-order chi connectivity index (χ0) is 13.3. The lowest BCUT2D eigenvalue weighted by molar-refractivity contribution is -0.384. The minimum Gasteiger partial charge on any atom is -0.364 e. The Kier molecular flexibility index (Phi) is 3.68. The number of halogens is 2. The number of likely N-dealkylation sites (N-methyl/N-ethyl adjacent to an activating group) is 1. The number of nitrogens with one attached hydrogen (secondary N) is 1. The smallest absolute Gasteiger partial charge is 0.295 e. The Hall–Kier alpha value is -1.40. The number of anilines is 1. The molecule has 0 aliphatic carbocycles. The van der Waals surface area contributed by atoms with E-state index >= 15 is 0 Å². The van der Waals surface area contributed by atoms with Crippen molar-refractivity contribution < 1.29 is 9.31 Å². The first-order valence-electron chi connectivity index (χ1n) is 5.58. The molecule has 0 aromatic heterocycles. The van der Waals surface area contributed by atoms with Gasteiger partial charge in [-0.05, 0) is 19.5 Å². The van der Waals surface area contributed by atoms with Crippen LogP contribution in [0.5, 0.6) is 0 Å². The topological polar surface area (TPSA) is 58.4 Å². The summed E-state index contributed by atoms with van der Waals surface area (Å²) >= 11 is 5.70. The zero-order valence-electron chi connectivity index (χ0n) is 9.82. The summed E-state index contributed by atoms with van der Waals surface area (Å²) in [6.07, 6.45) is 0.892. The zero-order valence-corrected chi connectivity index (χ0v) is 10.6. The van der Waals surface area contributed by atoms with Crippen molar-refractivity contribution in [2.24, 2.45) is 0 Å². The number of nitro benzene ring substituents is 1. The van der Waals surface area contributed by atoms with Gasteiger partial charge in [0.2, 0.25) is 0 Å². The van der Waals surface area contributed by atoms with E-state index in [0.29, 0.717) is 18.8 Å². The maximum atomic E-state index is 13.3. The lowest BCUT2D eigenvalue weighted by Crippen LogP contribution is -2.29. The number of nitro groups is 1. The van der Waals surface area contributed by atoms with Crippen LogP contribution in [0.2, 0.25) is 5.02 Å². The number of hydrogen-bond donors (Lipinski definition) is 1. The van der Waals surface area contributed by atoms with Crippen molar-refractivity contribution in [3.05, 3.63) is 33.1 Å². The van der Waals surface area contributed by atoms with Gasteiger partial charge in [0.25, 0.3) is 5.69 Å². The quantitative estimate of drug-likeness (QED) is 0.677. The van der Waals surface area contributed by atoms with Crippen LogP contribution in [0.1, 0.15) is 6.42 Å². The molecule has 1 heterocycles. The highest BCUT2D eigenvalue weighted by molar-refractivity contribution is 6.31. The van der Waals surface area contributed by atoms with Gasteiger partial charge in [0.15, 0.2) is 0 Å². The third-order valence-corrected chi connectivity index (χ3v) is 3.44. The first kappa shape index (κ1) is 13.0. The molecule has 1 atom stereocenters. The summed E-state index contributed by atoms with van der Waals surface area (Å²) in [4.78, 5) is 12.2. The average Bonchev–Trinajstić information content (AvgIpc) is 2.80. The highest BCUT2D eigenvalue weighted by Crippen LogP contribution is 2.34. The Labute approximate surface area is 109 Å². The van der Waals surface area contributed by atoms with E-state index in [2.05, 4.69) is 5.32 Å². The Bertz CT molecular complexity index is 484. The molecule has 1 fully saturated rings. The van der Waals surface area contributed by atoms with Gasteiger partial charge in [0.05, 0.1) is 16.0 Å². The van der Waals surface area contributed by atoms with Crippen LogP contribution in [0.4, 0.5) is 15.8 Å². The summed E-state index contributed by atoms with van der Waals surface area (Å²) in [7, 11) is 1.85. The van der Waals surface area contributed by atoms with Crippen molar-refractivity contribution in [3.63, 3.8) is 0 Å². The lowest BCUT2D eigenvalue weighted by Gasteiger charge is -2.18. The first-order valence-corrected chi connectivity index (χ1v) is 5.96. The summed E-state index contributed by atoms with van der Waals surface area (Å²) in [6.45, 7) is 1.34. The van der Waals surface area contributed by atoms with Crippen molar-refractivity contribution in [1.82, 2.24) is 5.32 Å². The van der Waals surface area contributed by atoms with Crippen molar-refractivity contribution in [2.75, 3.05) is 25.0 Å². The number of nitrogens with zero attached hydrogens (tertiary/aromatic N) is 2. The van der Waals surface area contributed by atoms with Crippen LogP contribution in [-0.4, -0.2) is 31.1 Å². The van der Waals surface area contributed by atoms with Gasteiger partial charge < -0.3 is 10.2 Å². The second kappa shape index (κ2) is 5.07. The maximum Gasteiger partial charge on any atom is 0.295 e. The largest absolute Gasteiger partial charge is 0.364 e. The molecule has 0 saturated carbocycles. The number of rotatable bonds is 3. The average molecular weight is 274 g/mol. The molecule has 7 heteroatoms. The molecule has 0 bridgehead atoms. The highest BCUT2D eigenvalue weighted by atomic mass is 35.5. The van der Waals surface area contributed by atoms with Gasteiger partial charge in [-0.25, -0.2) is 4.39 Å². The van der Waals surface area contributed by atoms with Gasteiger partial charge >= 0.3 is 0 Å². The molecule has 1 aliphatic rings. The molecule has 0 spiro atoms. The number of hydrogen-bond acceptors (Lipinski definition) is 4. The molecule has 1 unspecified atom stereocenters. The summed E-state index contributed by atoms with van der Waals surface area (Å²) in [6, 6.07) is 2.49. The normalized spacial score (nSPS) is 19.3. The molecular formula is C11H13ClFN3O2. The minimum atomic E-state index is -0.767. The van der Waals surface area contributed by atoms with Crippen molar-refractivity contribution in [2.45, 2.75) is 12.5 Å². The Morgan fingerprint density at radius 1 is 1.61 bits per heavy atom. The van der Waals surface area contributed by atoms with E-state index in [1.165, 1.54) is 6.07 Å². The SMILES string of the molecule is CNC1CCN(c2cc(Cl)c(F)cc2[N+](=O)[O-])C1. The lowest BCUT2D eigenvalue weighted by atomic mass is 10.2. The maximum absolute atomic E-state index is 13.3. The predicted octanol–water partition coefficient (Wildman–Crippen LogP) is 2.19. The molecule has 0 amide bonds. The van der Waals surface area contributed by atoms with E-state index in [4.69, 9.17) is 11.6 Å². The molecule has 0 radical (unpaired) electrons. The summed E-state index contributed by atoms with van der Waals surface area (Å²) in [5, 5.41) is 14.0. The second-order valence-corrected chi connectivity index (χ2v) is 4.64. The van der Waals surface area contributed by atoms with Gasteiger partial charge in [-0.15, -0.1) is 0 Å². The Balaban J connectivity index is 2.37. The van der Waals surface area contributed by atoms with E-state index in [1.54, 1.807) is 0 Å². The van der Waals surface area contributed by atoms with E-state index in [-0.39, 0.29) is 16.8 Å². The molecule has 1 aromatic carbocycles. The Morgan fingerprint density at radius 3 is 2.89 bits per heavy atom. The molecular weight excluding hydrogens is 261 g/mol. The van der Waals surface area contributed by atoms with E-state index in [1.807, 2.05) is 11.9 Å². The fourth-order valence-electron chi connectivity index (χ4n) is 2.14. The standard InChI is InChI=1S/C11H13ClFN3O2/c1-14-7-2-3-15(6-7)10-4-8(12)9(13)5-11(10)16(17)18/h4-5,7,14H,2-3,6H2,1H3. The van der Waals surface area contributed by atoms with Gasteiger partial charge in [-0.1, -0.05) is 11.6 Å². The van der Waals surface area contributed by atoms with Crippen molar-refractivity contribution >= 4 is 23.0 Å². The van der Waals surface area contributed by atoms with Crippen LogP contribution < -0.4 is 10.2 Å². The third kappa shape index (κ3) is 2.39. The second-order valence-electron chi connectivity index (χ2n) is 4.23. The van der Waals surface area contributed by atoms with Gasteiger partial charge in [0.1, 0.15) is 11.5 Å². The van der Waals surface area contributed by atoms with Crippen molar-refractivity contribution in [3.8, 4) is 0 Å². The fourth-order valence-corrected chi connectivity index (χ4v) is 2.30. The van der Waals surface area contributed by atoms with Crippen LogP contribution in [-0.2, 0) is 0 Å². The molecule has 1 saturated heterocycles. The molecule has 98 valence electrons. The Morgan fingerprint density at radius 2 is 2.33 bits per heavy atom. The summed E-state index contributed by atoms with van der Waals surface area (Å²) in [5.74, 6) is -0.767. The fraction of sp³-hybridized carbons (Fsp3) is 0.455. The van der Waals surface area contributed by atoms with Crippen LogP contribution in [0.25, 0.3) is 0 Å². The highest BCUT2D eigenvalue weighted by Gasteiger charge is 2.28. The first-order chi connectivity index (χ1) is 8.52. The van der Waals surface area contributed by atoms with E-state index < -0.39 is 10.7 Å². The monoisotopic (exact) mass is 273 g/mol. The van der Waals surface area contributed by atoms with Gasteiger partial charge in [-0.2, -0.15) is 0 Å². The number of benzene rings is 1. The van der Waals surface area contributed by atoms with Crippen LogP contribution in [0.3, 0.4) is 0 Å². The summed E-state index contributed by atoms with van der Waals surface area (Å²) in [5.41, 5.74) is 0.137. The van der Waals surface area contributed by atoms with Gasteiger partial charge in [-0.3, -0.25) is 10.1 Å². The third-order valence-electron chi connectivity index (χ3n) is 3.15. The molecule has 1 N–H and O–H groups in total. The molecule has 2 rings (SSSR count). The molecule has 5 nitrogen and oxygen atoms in total. The van der Waals surface area contributed by atoms with Gasteiger partial charge in [0, 0.05) is 19.1 Å². The molecule has 18 heavy (non-hydrogen) atoms. The van der Waals surface area contributed by atoms with Crippen molar-refractivity contribution in [1.29, 1.82) is 0 Å². The van der Waals surface area contributed by atoms with Crippen LogP contribution in [0, 0.1) is 15.9 Å². The minimum absolute atomic E-state index is 0.0940. The predicted molar refractivity (Wildman–Crippen MR) is 67.7 cm³/mol. The summed E-state index contributed by atoms with van der Waals surface area (Å²) < 4.78 is 13.3. The van der Waals surface area contributed by atoms with E-state index in [9.17, 15) is 14.5 Å². The van der Waals surface area contributed by atoms with Crippen LogP contribution in [0.15, 0.2) is 12.1 Å².